The summed E-state index contributed by atoms with van der Waals surface area (Å²) in [4.78, 5) is 0. The van der Waals surface area contributed by atoms with Gasteiger partial charge in [0.05, 0.1) is 6.61 Å². The first-order chi connectivity index (χ1) is 10.2. The van der Waals surface area contributed by atoms with E-state index in [0.29, 0.717) is 0 Å². The van der Waals surface area contributed by atoms with Crippen LogP contribution in [0.2, 0.25) is 5.02 Å². The lowest BCUT2D eigenvalue weighted by atomic mass is 10.1. The molecule has 0 aliphatic carbocycles. The molecule has 0 saturated heterocycles. The summed E-state index contributed by atoms with van der Waals surface area (Å²) in [6.07, 6.45) is 1.06. The quantitative estimate of drug-likeness (QED) is 0.892. The Morgan fingerprint density at radius 2 is 1.90 bits per heavy atom. The van der Waals surface area contributed by atoms with Gasteiger partial charge >= 0.3 is 0 Å². The number of halogens is 1. The molecule has 110 valence electrons. The predicted molar refractivity (Wildman–Crippen MR) is 83.6 cm³/mol. The Morgan fingerprint density at radius 3 is 2.67 bits per heavy atom. The third kappa shape index (κ3) is 3.56. The molecule has 1 aliphatic heterocycles. The van der Waals surface area contributed by atoms with Crippen LogP contribution in [0.25, 0.3) is 0 Å². The van der Waals surface area contributed by atoms with Crippen LogP contribution in [0.3, 0.4) is 0 Å². The van der Waals surface area contributed by atoms with E-state index in [-0.39, 0.29) is 12.7 Å². The molecule has 0 fully saturated rings. The van der Waals surface area contributed by atoms with Crippen LogP contribution < -0.4 is 10.1 Å². The first kappa shape index (κ1) is 14.4. The lowest BCUT2D eigenvalue weighted by Crippen LogP contribution is -2.29. The molecule has 1 heterocycles. The number of hydrogen-bond donors (Lipinski definition) is 2. The van der Waals surface area contributed by atoms with Crippen molar-refractivity contribution in [1.82, 2.24) is 5.32 Å². The highest BCUT2D eigenvalue weighted by Gasteiger charge is 2.22. The topological polar surface area (TPSA) is 41.5 Å². The van der Waals surface area contributed by atoms with Gasteiger partial charge in [0.1, 0.15) is 11.9 Å². The van der Waals surface area contributed by atoms with Gasteiger partial charge in [0.25, 0.3) is 0 Å². The zero-order chi connectivity index (χ0) is 14.7. The van der Waals surface area contributed by atoms with Gasteiger partial charge in [0.2, 0.25) is 0 Å². The van der Waals surface area contributed by atoms with E-state index in [0.717, 1.165) is 35.8 Å². The molecule has 2 aromatic carbocycles. The summed E-state index contributed by atoms with van der Waals surface area (Å²) >= 11 is 5.99. The van der Waals surface area contributed by atoms with Gasteiger partial charge in [0, 0.05) is 24.5 Å². The zero-order valence-electron chi connectivity index (χ0n) is 11.7. The molecule has 21 heavy (non-hydrogen) atoms. The maximum atomic E-state index is 9.01. The molecule has 2 aromatic rings. The maximum absolute atomic E-state index is 9.01. The van der Waals surface area contributed by atoms with E-state index >= 15 is 0 Å². The normalized spacial score (nSPS) is 16.6. The average molecular weight is 304 g/mol. The fraction of sp³-hybridized carbons (Fsp3) is 0.294. The molecule has 0 saturated carbocycles. The molecule has 1 atom stereocenters. The fourth-order valence-electron chi connectivity index (χ4n) is 2.54. The lowest BCUT2D eigenvalue weighted by molar-refractivity contribution is 0.227. The molecule has 3 nitrogen and oxygen atoms in total. The molecule has 2 N–H and O–H groups in total. The minimum Gasteiger partial charge on any atom is -0.488 e. The van der Waals surface area contributed by atoms with Gasteiger partial charge < -0.3 is 15.2 Å². The highest BCUT2D eigenvalue weighted by molar-refractivity contribution is 6.30. The van der Waals surface area contributed by atoms with Crippen molar-refractivity contribution >= 4 is 11.6 Å². The summed E-state index contributed by atoms with van der Waals surface area (Å²) in [5.74, 6) is 0.943. The third-order valence-electron chi connectivity index (χ3n) is 3.67. The first-order valence-corrected chi connectivity index (χ1v) is 7.47. The Bertz CT molecular complexity index is 613. The van der Waals surface area contributed by atoms with Gasteiger partial charge in [-0.3, -0.25) is 0 Å². The predicted octanol–water partition coefficient (Wildman–Crippen LogP) is 2.93. The molecule has 1 unspecified atom stereocenters. The standard InChI is InChI=1S/C17H18ClNO2/c18-15-5-6-17-14(7-15)8-16(21-17)10-19-9-12-1-3-13(11-20)4-2-12/h1-7,16,19-20H,8-11H2. The van der Waals surface area contributed by atoms with Gasteiger partial charge in [-0.2, -0.15) is 0 Å². The minimum absolute atomic E-state index is 0.0877. The van der Waals surface area contributed by atoms with Gasteiger partial charge in [-0.25, -0.2) is 0 Å². The van der Waals surface area contributed by atoms with Crippen molar-refractivity contribution in [2.75, 3.05) is 6.54 Å². The van der Waals surface area contributed by atoms with Crippen LogP contribution in [-0.2, 0) is 19.6 Å². The van der Waals surface area contributed by atoms with Crippen LogP contribution in [0.5, 0.6) is 5.75 Å². The smallest absolute Gasteiger partial charge is 0.123 e. The molecule has 0 spiro atoms. The summed E-state index contributed by atoms with van der Waals surface area (Å²) < 4.78 is 5.88. The summed E-state index contributed by atoms with van der Waals surface area (Å²) in [6, 6.07) is 13.7. The number of fused-ring (bicyclic) bond motifs is 1. The number of aliphatic hydroxyl groups excluding tert-OH is 1. The van der Waals surface area contributed by atoms with Crippen LogP contribution in [0, 0.1) is 0 Å². The van der Waals surface area contributed by atoms with Gasteiger partial charge in [0.15, 0.2) is 0 Å². The molecular formula is C17H18ClNO2. The van der Waals surface area contributed by atoms with Gasteiger partial charge in [-0.15, -0.1) is 0 Å². The van der Waals surface area contributed by atoms with E-state index in [9.17, 15) is 0 Å². The number of hydrogen-bond acceptors (Lipinski definition) is 3. The van der Waals surface area contributed by atoms with Crippen molar-refractivity contribution in [3.63, 3.8) is 0 Å². The molecule has 3 rings (SSSR count). The molecule has 0 amide bonds. The maximum Gasteiger partial charge on any atom is 0.123 e. The molecule has 1 aliphatic rings. The Kier molecular flexibility index (Phi) is 4.44. The van der Waals surface area contributed by atoms with Gasteiger partial charge in [-0.05, 0) is 34.9 Å². The minimum atomic E-state index is 0.0877. The first-order valence-electron chi connectivity index (χ1n) is 7.09. The van der Waals surface area contributed by atoms with Crippen molar-refractivity contribution in [2.45, 2.75) is 25.7 Å². The molecule has 0 aromatic heterocycles. The Labute approximate surface area is 129 Å². The number of aliphatic hydroxyl groups is 1. The van der Waals surface area contributed by atoms with Crippen LogP contribution in [0.4, 0.5) is 0 Å². The van der Waals surface area contributed by atoms with E-state index in [1.807, 2.05) is 42.5 Å². The van der Waals surface area contributed by atoms with Crippen LogP contribution in [0.15, 0.2) is 42.5 Å². The summed E-state index contributed by atoms with van der Waals surface area (Å²) in [7, 11) is 0. The Morgan fingerprint density at radius 1 is 1.14 bits per heavy atom. The van der Waals surface area contributed by atoms with E-state index in [2.05, 4.69) is 5.32 Å². The Hall–Kier alpha value is -1.55. The van der Waals surface area contributed by atoms with Crippen molar-refractivity contribution in [1.29, 1.82) is 0 Å². The van der Waals surface area contributed by atoms with Crippen molar-refractivity contribution in [3.8, 4) is 5.75 Å². The second-order valence-electron chi connectivity index (χ2n) is 5.30. The lowest BCUT2D eigenvalue weighted by Gasteiger charge is -2.12. The van der Waals surface area contributed by atoms with E-state index < -0.39 is 0 Å². The summed E-state index contributed by atoms with van der Waals surface area (Å²) in [5, 5.41) is 13.2. The second-order valence-corrected chi connectivity index (χ2v) is 5.74. The highest BCUT2D eigenvalue weighted by atomic mass is 35.5. The third-order valence-corrected chi connectivity index (χ3v) is 3.91. The molecular weight excluding hydrogens is 286 g/mol. The van der Waals surface area contributed by atoms with Crippen molar-refractivity contribution in [3.05, 3.63) is 64.2 Å². The van der Waals surface area contributed by atoms with Crippen LogP contribution in [-0.4, -0.2) is 17.8 Å². The highest BCUT2D eigenvalue weighted by Crippen LogP contribution is 2.30. The monoisotopic (exact) mass is 303 g/mol. The molecule has 4 heteroatoms. The van der Waals surface area contributed by atoms with Crippen LogP contribution >= 0.6 is 11.6 Å². The Balaban J connectivity index is 1.48. The fourth-order valence-corrected chi connectivity index (χ4v) is 2.74. The number of nitrogens with one attached hydrogen (secondary N) is 1. The second kappa shape index (κ2) is 6.48. The average Bonchev–Trinajstić information content (AvgIpc) is 2.89. The number of benzene rings is 2. The van der Waals surface area contributed by atoms with E-state index in [4.69, 9.17) is 21.4 Å². The molecule has 0 bridgehead atoms. The van der Waals surface area contributed by atoms with Crippen molar-refractivity contribution in [2.24, 2.45) is 0 Å². The SMILES string of the molecule is OCc1ccc(CNCC2Cc3cc(Cl)ccc3O2)cc1. The van der Waals surface area contributed by atoms with Crippen molar-refractivity contribution < 1.29 is 9.84 Å². The van der Waals surface area contributed by atoms with E-state index in [1.54, 1.807) is 0 Å². The number of ether oxygens (including phenoxy) is 1. The summed E-state index contributed by atoms with van der Waals surface area (Å²) in [5.41, 5.74) is 3.32. The largest absolute Gasteiger partial charge is 0.488 e. The van der Waals surface area contributed by atoms with E-state index in [1.165, 1.54) is 11.1 Å². The molecule has 0 radical (unpaired) electrons. The number of rotatable bonds is 5. The van der Waals surface area contributed by atoms with Gasteiger partial charge in [-0.1, -0.05) is 35.9 Å². The zero-order valence-corrected chi connectivity index (χ0v) is 12.4. The van der Waals surface area contributed by atoms with Crippen LogP contribution in [0.1, 0.15) is 16.7 Å². The summed E-state index contributed by atoms with van der Waals surface area (Å²) in [6.45, 7) is 1.68.